The summed E-state index contributed by atoms with van der Waals surface area (Å²) >= 11 is 6.01. The quantitative estimate of drug-likeness (QED) is 0.769. The third-order valence-electron chi connectivity index (χ3n) is 4.54. The van der Waals surface area contributed by atoms with Crippen LogP contribution >= 0.6 is 11.6 Å². The largest absolute Gasteiger partial charge is 0.495 e. The van der Waals surface area contributed by atoms with Gasteiger partial charge in [0, 0.05) is 5.02 Å². The molecule has 0 saturated heterocycles. The molecule has 1 aliphatic heterocycles. The summed E-state index contributed by atoms with van der Waals surface area (Å²) in [6, 6.07) is 10.7. The Bertz CT molecular complexity index is 898. The Morgan fingerprint density at radius 3 is 2.79 bits per heavy atom. The molecule has 0 aliphatic carbocycles. The van der Waals surface area contributed by atoms with Crippen LogP contribution in [0.2, 0.25) is 5.02 Å². The van der Waals surface area contributed by atoms with E-state index in [2.05, 4.69) is 5.32 Å². The van der Waals surface area contributed by atoms with Crippen LogP contribution in [0.4, 0.5) is 5.69 Å². The molecule has 0 unspecified atom stereocenters. The highest BCUT2D eigenvalue weighted by Gasteiger charge is 2.30. The first kappa shape index (κ1) is 20.0. The van der Waals surface area contributed by atoms with E-state index in [1.54, 1.807) is 30.3 Å². The minimum atomic E-state index is -0.960. The second-order valence-electron chi connectivity index (χ2n) is 6.74. The lowest BCUT2D eigenvalue weighted by Gasteiger charge is -2.25. The molecule has 2 atom stereocenters. The fraction of sp³-hybridized carbons (Fsp3) is 0.333. The van der Waals surface area contributed by atoms with Crippen molar-refractivity contribution in [1.29, 1.82) is 0 Å². The summed E-state index contributed by atoms with van der Waals surface area (Å²) in [6.07, 6.45) is -0.507. The number of carbonyl (C=O) groups is 2. The van der Waals surface area contributed by atoms with Gasteiger partial charge in [-0.2, -0.15) is 0 Å². The van der Waals surface area contributed by atoms with Crippen molar-refractivity contribution >= 4 is 29.2 Å². The smallest absolute Gasteiger partial charge is 0.313 e. The lowest BCUT2D eigenvalue weighted by Crippen LogP contribution is -2.36. The molecular weight excluding hydrogens is 382 g/mol. The van der Waals surface area contributed by atoms with Gasteiger partial charge in [0.15, 0.2) is 6.10 Å². The summed E-state index contributed by atoms with van der Waals surface area (Å²) < 4.78 is 16.2. The van der Waals surface area contributed by atoms with Crippen molar-refractivity contribution in [1.82, 2.24) is 0 Å². The van der Waals surface area contributed by atoms with Crippen LogP contribution in [0.15, 0.2) is 36.4 Å². The number of halogens is 1. The third kappa shape index (κ3) is 4.57. The number of amides is 1. The summed E-state index contributed by atoms with van der Waals surface area (Å²) in [6.45, 7) is 3.64. The van der Waals surface area contributed by atoms with Gasteiger partial charge in [-0.25, -0.2) is 0 Å². The van der Waals surface area contributed by atoms with E-state index < -0.39 is 23.9 Å². The maximum Gasteiger partial charge on any atom is 0.313 e. The van der Waals surface area contributed by atoms with Gasteiger partial charge in [-0.05, 0) is 61.7 Å². The molecule has 0 saturated carbocycles. The molecule has 0 spiro atoms. The topological polar surface area (TPSA) is 73.9 Å². The summed E-state index contributed by atoms with van der Waals surface area (Å²) in [7, 11) is 1.52. The Morgan fingerprint density at radius 1 is 1.25 bits per heavy atom. The molecule has 7 heteroatoms. The first-order valence-electron chi connectivity index (χ1n) is 8.94. The normalized spacial score (nSPS) is 16.4. The van der Waals surface area contributed by atoms with Gasteiger partial charge >= 0.3 is 5.97 Å². The molecule has 1 N–H and O–H groups in total. The highest BCUT2D eigenvalue weighted by molar-refractivity contribution is 6.30. The Labute approximate surface area is 168 Å². The van der Waals surface area contributed by atoms with E-state index >= 15 is 0 Å². The zero-order valence-electron chi connectivity index (χ0n) is 16.0. The molecule has 0 bridgehead atoms. The molecule has 148 valence electrons. The fourth-order valence-corrected chi connectivity index (χ4v) is 3.19. The minimum absolute atomic E-state index is 0.202. The van der Waals surface area contributed by atoms with Crippen LogP contribution in [0.25, 0.3) is 0 Å². The molecule has 0 aromatic heterocycles. The molecule has 6 nitrogen and oxygen atoms in total. The molecule has 0 fully saturated rings. The van der Waals surface area contributed by atoms with Gasteiger partial charge in [-0.3, -0.25) is 9.59 Å². The summed E-state index contributed by atoms with van der Waals surface area (Å²) in [5.41, 5.74) is 2.35. The first-order valence-corrected chi connectivity index (χ1v) is 9.32. The monoisotopic (exact) mass is 403 g/mol. The van der Waals surface area contributed by atoms with E-state index in [0.29, 0.717) is 28.6 Å². The minimum Gasteiger partial charge on any atom is -0.495 e. The van der Waals surface area contributed by atoms with E-state index in [0.717, 1.165) is 11.1 Å². The zero-order valence-corrected chi connectivity index (χ0v) is 16.7. The average molecular weight is 404 g/mol. The second kappa shape index (κ2) is 8.52. The van der Waals surface area contributed by atoms with Crippen molar-refractivity contribution < 1.29 is 23.8 Å². The van der Waals surface area contributed by atoms with Crippen molar-refractivity contribution in [2.45, 2.75) is 26.4 Å². The predicted octanol–water partition coefficient (Wildman–Crippen LogP) is 3.78. The summed E-state index contributed by atoms with van der Waals surface area (Å²) in [4.78, 5) is 25.0. The van der Waals surface area contributed by atoms with Gasteiger partial charge in [0.2, 0.25) is 0 Å². The van der Waals surface area contributed by atoms with Crippen LogP contribution in [-0.4, -0.2) is 31.7 Å². The second-order valence-corrected chi connectivity index (χ2v) is 7.17. The molecular formula is C21H22ClNO5. The van der Waals surface area contributed by atoms with Crippen molar-refractivity contribution in [2.75, 3.05) is 19.0 Å². The van der Waals surface area contributed by atoms with Gasteiger partial charge < -0.3 is 19.5 Å². The van der Waals surface area contributed by atoms with E-state index in [1.165, 1.54) is 14.0 Å². The molecule has 2 aromatic carbocycles. The number of carbonyl (C=O) groups excluding carboxylic acids is 2. The van der Waals surface area contributed by atoms with Crippen molar-refractivity contribution in [3.05, 3.63) is 52.5 Å². The molecule has 0 radical (unpaired) electrons. The molecule has 1 amide bonds. The fourth-order valence-electron chi connectivity index (χ4n) is 2.99. The standard InChI is InChI=1S/C21H22ClNO5/c1-12-4-6-19(26-3)17(8-12)23-20(24)13(2)28-21(25)15-9-14-10-16(22)5-7-18(14)27-11-15/h4-8,10,13,15H,9,11H2,1-3H3,(H,23,24)/t13-,15-/m0/s1. The van der Waals surface area contributed by atoms with Crippen LogP contribution in [-0.2, 0) is 20.7 Å². The van der Waals surface area contributed by atoms with Crippen LogP contribution in [0.5, 0.6) is 11.5 Å². The molecule has 1 aliphatic rings. The predicted molar refractivity (Wildman–Crippen MR) is 106 cm³/mol. The van der Waals surface area contributed by atoms with Crippen LogP contribution in [0.3, 0.4) is 0 Å². The summed E-state index contributed by atoms with van der Waals surface area (Å²) in [5, 5.41) is 3.32. The Kier molecular flexibility index (Phi) is 6.09. The Balaban J connectivity index is 1.61. The number of rotatable bonds is 5. The third-order valence-corrected chi connectivity index (χ3v) is 4.77. The van der Waals surface area contributed by atoms with Gasteiger partial charge in [0.05, 0.1) is 18.7 Å². The maximum atomic E-state index is 12.5. The lowest BCUT2D eigenvalue weighted by atomic mass is 9.97. The molecule has 1 heterocycles. The number of aryl methyl sites for hydroxylation is 1. The molecule has 28 heavy (non-hydrogen) atoms. The Morgan fingerprint density at radius 2 is 2.04 bits per heavy atom. The Hall–Kier alpha value is -2.73. The van der Waals surface area contributed by atoms with Gasteiger partial charge in [0.25, 0.3) is 5.91 Å². The SMILES string of the molecule is COc1ccc(C)cc1NC(=O)[C@H](C)OC(=O)[C@@H]1COc2ccc(Cl)cc2C1. The number of hydrogen-bond donors (Lipinski definition) is 1. The number of anilines is 1. The van der Waals surface area contributed by atoms with Crippen molar-refractivity contribution in [3.8, 4) is 11.5 Å². The lowest BCUT2D eigenvalue weighted by molar-refractivity contribution is -0.158. The number of benzene rings is 2. The zero-order chi connectivity index (χ0) is 20.3. The van der Waals surface area contributed by atoms with Crippen LogP contribution < -0.4 is 14.8 Å². The van der Waals surface area contributed by atoms with Crippen molar-refractivity contribution in [3.63, 3.8) is 0 Å². The average Bonchev–Trinajstić information content (AvgIpc) is 2.67. The highest BCUT2D eigenvalue weighted by Crippen LogP contribution is 2.30. The highest BCUT2D eigenvalue weighted by atomic mass is 35.5. The number of fused-ring (bicyclic) bond motifs is 1. The number of methoxy groups -OCH3 is 1. The number of nitrogens with one attached hydrogen (secondary N) is 1. The van der Waals surface area contributed by atoms with Crippen LogP contribution in [0, 0.1) is 12.8 Å². The van der Waals surface area contributed by atoms with E-state index in [9.17, 15) is 9.59 Å². The molecule has 2 aromatic rings. The summed E-state index contributed by atoms with van der Waals surface area (Å²) in [5.74, 6) is -0.158. The van der Waals surface area contributed by atoms with Crippen LogP contribution in [0.1, 0.15) is 18.1 Å². The number of hydrogen-bond acceptors (Lipinski definition) is 5. The van der Waals surface area contributed by atoms with Crippen molar-refractivity contribution in [2.24, 2.45) is 5.92 Å². The van der Waals surface area contributed by atoms with Gasteiger partial charge in [-0.1, -0.05) is 17.7 Å². The van der Waals surface area contributed by atoms with E-state index in [4.69, 9.17) is 25.8 Å². The first-order chi connectivity index (χ1) is 13.4. The maximum absolute atomic E-state index is 12.5. The van der Waals surface area contributed by atoms with E-state index in [-0.39, 0.29) is 6.61 Å². The van der Waals surface area contributed by atoms with Gasteiger partial charge in [0.1, 0.15) is 18.1 Å². The number of ether oxygens (including phenoxy) is 3. The van der Waals surface area contributed by atoms with E-state index in [1.807, 2.05) is 13.0 Å². The van der Waals surface area contributed by atoms with Gasteiger partial charge in [-0.15, -0.1) is 0 Å². The molecule has 3 rings (SSSR count). The number of esters is 1.